The number of aryl methyl sites for hydroxylation is 1. The molecule has 3 heterocycles. The van der Waals surface area contributed by atoms with E-state index in [2.05, 4.69) is 19.9 Å². The molecule has 0 bridgehead atoms. The second kappa shape index (κ2) is 8.63. The summed E-state index contributed by atoms with van der Waals surface area (Å²) >= 11 is 5.91. The maximum absolute atomic E-state index is 13.0. The van der Waals surface area contributed by atoms with E-state index in [1.54, 1.807) is 29.2 Å². The van der Waals surface area contributed by atoms with Crippen molar-refractivity contribution < 1.29 is 4.79 Å². The first-order chi connectivity index (χ1) is 16.0. The van der Waals surface area contributed by atoms with Crippen LogP contribution in [0.4, 0.5) is 5.82 Å². The minimum atomic E-state index is -0.460. The molecule has 1 aliphatic heterocycles. The summed E-state index contributed by atoms with van der Waals surface area (Å²) in [5.41, 5.74) is 2.85. The van der Waals surface area contributed by atoms with Crippen molar-refractivity contribution in [2.75, 3.05) is 31.1 Å². The van der Waals surface area contributed by atoms with Gasteiger partial charge in [0.15, 0.2) is 5.82 Å². The van der Waals surface area contributed by atoms with Gasteiger partial charge in [-0.2, -0.15) is 0 Å². The van der Waals surface area contributed by atoms with Gasteiger partial charge in [-0.1, -0.05) is 23.7 Å². The number of carbonyl (C=O) groups excluding carboxylic acids is 1. The van der Waals surface area contributed by atoms with E-state index >= 15 is 0 Å². The highest BCUT2D eigenvalue weighted by Gasteiger charge is 2.26. The predicted octanol–water partition coefficient (Wildman–Crippen LogP) is 3.30. The van der Waals surface area contributed by atoms with Gasteiger partial charge in [-0.05, 0) is 43.3 Å². The van der Waals surface area contributed by atoms with Crippen LogP contribution in [0.2, 0.25) is 5.02 Å². The van der Waals surface area contributed by atoms with Crippen LogP contribution in [0.15, 0.2) is 59.5 Å². The molecule has 0 atom stereocenters. The highest BCUT2D eigenvalue weighted by molar-refractivity contribution is 6.30. The van der Waals surface area contributed by atoms with Crippen molar-refractivity contribution in [3.8, 4) is 11.4 Å². The molecule has 166 valence electrons. The first kappa shape index (κ1) is 21.1. The number of H-pyrrole nitrogens is 1. The molecular formula is C24H21ClN6O2. The van der Waals surface area contributed by atoms with Gasteiger partial charge >= 0.3 is 0 Å². The zero-order chi connectivity index (χ0) is 22.9. The number of carbonyl (C=O) groups is 1. The summed E-state index contributed by atoms with van der Waals surface area (Å²) in [5.74, 6) is 0.892. The number of piperazine rings is 1. The average Bonchev–Trinajstić information content (AvgIpc) is 2.84. The van der Waals surface area contributed by atoms with Crippen LogP contribution in [0, 0.1) is 6.92 Å². The number of aromatic nitrogens is 4. The van der Waals surface area contributed by atoms with Crippen molar-refractivity contribution in [1.29, 1.82) is 0 Å². The van der Waals surface area contributed by atoms with Crippen LogP contribution in [-0.4, -0.2) is 56.9 Å². The van der Waals surface area contributed by atoms with Crippen LogP contribution in [0.5, 0.6) is 0 Å². The molecule has 0 radical (unpaired) electrons. The van der Waals surface area contributed by atoms with Gasteiger partial charge < -0.3 is 14.8 Å². The molecule has 2 aromatic carbocycles. The zero-order valence-corrected chi connectivity index (χ0v) is 18.7. The summed E-state index contributed by atoms with van der Waals surface area (Å²) in [5, 5.41) is 0.594. The van der Waals surface area contributed by atoms with E-state index in [-0.39, 0.29) is 11.5 Å². The smallest absolute Gasteiger partial charge is 0.264 e. The van der Waals surface area contributed by atoms with Crippen LogP contribution in [0.3, 0.4) is 0 Å². The van der Waals surface area contributed by atoms with E-state index in [1.807, 2.05) is 31.2 Å². The summed E-state index contributed by atoms with van der Waals surface area (Å²) in [6, 6.07) is 14.7. The monoisotopic (exact) mass is 460 g/mol. The molecule has 2 aromatic heterocycles. The molecule has 9 heteroatoms. The number of nitrogens with one attached hydrogen (secondary N) is 1. The van der Waals surface area contributed by atoms with Gasteiger partial charge in [0.1, 0.15) is 11.4 Å². The minimum absolute atomic E-state index is 0.0304. The summed E-state index contributed by atoms with van der Waals surface area (Å²) in [4.78, 5) is 45.8. The first-order valence-corrected chi connectivity index (χ1v) is 11.0. The Hall–Kier alpha value is -3.78. The van der Waals surface area contributed by atoms with E-state index in [4.69, 9.17) is 16.6 Å². The highest BCUT2D eigenvalue weighted by atomic mass is 35.5. The fourth-order valence-electron chi connectivity index (χ4n) is 3.97. The predicted molar refractivity (Wildman–Crippen MR) is 128 cm³/mol. The third-order valence-electron chi connectivity index (χ3n) is 5.73. The number of benzene rings is 2. The van der Waals surface area contributed by atoms with Crippen molar-refractivity contribution in [3.05, 3.63) is 81.4 Å². The van der Waals surface area contributed by atoms with Crippen LogP contribution in [0.1, 0.15) is 16.1 Å². The molecule has 0 aliphatic carbocycles. The fourth-order valence-corrected chi connectivity index (χ4v) is 4.10. The van der Waals surface area contributed by atoms with E-state index in [0.29, 0.717) is 37.0 Å². The Morgan fingerprint density at radius 3 is 2.30 bits per heavy atom. The summed E-state index contributed by atoms with van der Waals surface area (Å²) in [7, 11) is 0. The van der Waals surface area contributed by atoms with Gasteiger partial charge in [-0.25, -0.2) is 15.0 Å². The van der Waals surface area contributed by atoms with Gasteiger partial charge in [-0.3, -0.25) is 9.59 Å². The Kier molecular flexibility index (Phi) is 5.51. The Labute approximate surface area is 194 Å². The third-order valence-corrected chi connectivity index (χ3v) is 5.99. The third kappa shape index (κ3) is 4.17. The maximum Gasteiger partial charge on any atom is 0.264 e. The number of anilines is 1. The van der Waals surface area contributed by atoms with E-state index in [9.17, 15) is 9.59 Å². The quantitative estimate of drug-likeness (QED) is 0.504. The Bertz CT molecular complexity index is 1390. The summed E-state index contributed by atoms with van der Waals surface area (Å²) < 4.78 is 0. The van der Waals surface area contributed by atoms with Crippen molar-refractivity contribution in [3.63, 3.8) is 0 Å². The molecule has 8 nitrogen and oxygen atoms in total. The van der Waals surface area contributed by atoms with Crippen LogP contribution in [-0.2, 0) is 0 Å². The van der Waals surface area contributed by atoms with Gasteiger partial charge in [0, 0.05) is 43.0 Å². The lowest BCUT2D eigenvalue weighted by atomic mass is 10.2. The molecule has 1 saturated heterocycles. The number of nitrogens with zero attached hydrogens (tertiary/aromatic N) is 5. The number of hydrogen-bond donors (Lipinski definition) is 1. The lowest BCUT2D eigenvalue weighted by molar-refractivity contribution is 0.0744. The number of para-hydroxylation sites is 2. The van der Waals surface area contributed by atoms with Crippen molar-refractivity contribution in [2.24, 2.45) is 0 Å². The van der Waals surface area contributed by atoms with E-state index in [1.165, 1.54) is 6.20 Å². The fraction of sp³-hybridized carbons (Fsp3) is 0.208. The Balaban J connectivity index is 1.30. The number of rotatable bonds is 3. The van der Waals surface area contributed by atoms with Crippen LogP contribution < -0.4 is 10.5 Å². The molecule has 1 aliphatic rings. The van der Waals surface area contributed by atoms with E-state index in [0.717, 1.165) is 28.1 Å². The number of hydrogen-bond acceptors (Lipinski definition) is 6. The van der Waals surface area contributed by atoms with Crippen molar-refractivity contribution in [1.82, 2.24) is 24.8 Å². The van der Waals surface area contributed by atoms with E-state index < -0.39 is 5.56 Å². The molecule has 5 rings (SSSR count). The van der Waals surface area contributed by atoms with Gasteiger partial charge in [0.2, 0.25) is 0 Å². The SMILES string of the molecule is Cc1nc2ccccc2nc1N1CCN(C(=O)c2cnc(-c3ccc(Cl)cc3)[nH]c2=O)CC1. The lowest BCUT2D eigenvalue weighted by Crippen LogP contribution is -2.50. The molecule has 0 unspecified atom stereocenters. The Morgan fingerprint density at radius 1 is 0.970 bits per heavy atom. The second-order valence-electron chi connectivity index (χ2n) is 7.88. The average molecular weight is 461 g/mol. The van der Waals surface area contributed by atoms with Crippen molar-refractivity contribution in [2.45, 2.75) is 6.92 Å². The molecule has 0 saturated carbocycles. The first-order valence-electron chi connectivity index (χ1n) is 10.6. The molecule has 0 spiro atoms. The van der Waals surface area contributed by atoms with Crippen LogP contribution in [0.25, 0.3) is 22.4 Å². The normalized spacial score (nSPS) is 14.0. The minimum Gasteiger partial charge on any atom is -0.352 e. The van der Waals surface area contributed by atoms with Gasteiger partial charge in [0.05, 0.1) is 16.7 Å². The number of aromatic amines is 1. The van der Waals surface area contributed by atoms with Gasteiger partial charge in [-0.15, -0.1) is 0 Å². The molecule has 4 aromatic rings. The second-order valence-corrected chi connectivity index (χ2v) is 8.32. The molecular weight excluding hydrogens is 440 g/mol. The number of halogens is 1. The summed E-state index contributed by atoms with van der Waals surface area (Å²) in [6.07, 6.45) is 1.34. The molecule has 1 fully saturated rings. The lowest BCUT2D eigenvalue weighted by Gasteiger charge is -2.35. The largest absolute Gasteiger partial charge is 0.352 e. The van der Waals surface area contributed by atoms with Crippen molar-refractivity contribution >= 4 is 34.4 Å². The number of amides is 1. The highest BCUT2D eigenvalue weighted by Crippen LogP contribution is 2.22. The molecule has 1 amide bonds. The molecule has 1 N–H and O–H groups in total. The van der Waals surface area contributed by atoms with Crippen LogP contribution >= 0.6 is 11.6 Å². The standard InChI is InChI=1S/C24H21ClN6O2/c1-15-22(28-20-5-3-2-4-19(20)27-15)30-10-12-31(13-11-30)24(33)18-14-26-21(29-23(18)32)16-6-8-17(25)9-7-16/h2-9,14H,10-13H2,1H3,(H,26,29,32). The maximum atomic E-state index is 13.0. The topological polar surface area (TPSA) is 95.1 Å². The number of fused-ring (bicyclic) bond motifs is 1. The zero-order valence-electron chi connectivity index (χ0n) is 18.0. The summed E-state index contributed by atoms with van der Waals surface area (Å²) in [6.45, 7) is 4.11. The van der Waals surface area contributed by atoms with Gasteiger partial charge in [0.25, 0.3) is 11.5 Å². The Morgan fingerprint density at radius 2 is 1.64 bits per heavy atom. The molecule has 33 heavy (non-hydrogen) atoms.